The summed E-state index contributed by atoms with van der Waals surface area (Å²) >= 11 is 3.34. The first-order valence-corrected chi connectivity index (χ1v) is 9.15. The van der Waals surface area contributed by atoms with E-state index < -0.39 is 6.61 Å². The van der Waals surface area contributed by atoms with Crippen molar-refractivity contribution in [2.24, 2.45) is 16.6 Å². The maximum atomic E-state index is 12.6. The molecule has 1 aromatic rings. The zero-order valence-electron chi connectivity index (χ0n) is 15.0. The van der Waals surface area contributed by atoms with Gasteiger partial charge in [0.1, 0.15) is 5.75 Å². The normalized spacial score (nSPS) is 17.4. The van der Waals surface area contributed by atoms with Crippen molar-refractivity contribution in [3.8, 4) is 5.75 Å². The summed E-state index contributed by atoms with van der Waals surface area (Å²) < 4.78 is 30.5. The molecule has 1 atom stereocenters. The molecule has 1 heterocycles. The summed E-state index contributed by atoms with van der Waals surface area (Å²) in [4.78, 5) is 17.5. The fourth-order valence-corrected chi connectivity index (χ4v) is 3.52. The number of hydrogen-bond acceptors (Lipinski definition) is 3. The number of benzene rings is 1. The molecule has 3 N–H and O–H groups in total. The Hall–Kier alpha value is -1.17. The number of likely N-dealkylation sites (tertiary alicyclic amines) is 1. The maximum Gasteiger partial charge on any atom is 0.387 e. The molecule has 6 nitrogen and oxygen atoms in total. The number of ether oxygens (including phenoxy) is 1. The summed E-state index contributed by atoms with van der Waals surface area (Å²) in [5.74, 6) is 0.671. The van der Waals surface area contributed by atoms with E-state index in [0.29, 0.717) is 24.5 Å². The highest BCUT2D eigenvalue weighted by molar-refractivity contribution is 14.0. The van der Waals surface area contributed by atoms with Crippen molar-refractivity contribution in [3.63, 3.8) is 0 Å². The molecule has 152 valence electrons. The average Bonchev–Trinajstić information content (AvgIpc) is 2.57. The van der Waals surface area contributed by atoms with Crippen LogP contribution in [-0.4, -0.2) is 43.5 Å². The third-order valence-corrected chi connectivity index (χ3v) is 4.69. The van der Waals surface area contributed by atoms with Gasteiger partial charge in [-0.1, -0.05) is 15.9 Å². The second-order valence-electron chi connectivity index (χ2n) is 6.16. The SMILES string of the molecule is CN=C(NCc1cc(Br)ccc1OC(F)F)N1CCCC(CC(N)=O)C1.I. The number of nitrogens with one attached hydrogen (secondary N) is 1. The second-order valence-corrected chi connectivity index (χ2v) is 7.07. The second kappa shape index (κ2) is 11.6. The smallest absolute Gasteiger partial charge is 0.387 e. The number of nitrogens with zero attached hydrogens (tertiary/aromatic N) is 2. The minimum Gasteiger partial charge on any atom is -0.434 e. The van der Waals surface area contributed by atoms with Crippen LogP contribution in [0.15, 0.2) is 27.7 Å². The number of rotatable bonds is 6. The van der Waals surface area contributed by atoms with Gasteiger partial charge in [0.15, 0.2) is 5.96 Å². The van der Waals surface area contributed by atoms with Crippen molar-refractivity contribution < 1.29 is 18.3 Å². The molecule has 1 unspecified atom stereocenters. The molecule has 1 saturated heterocycles. The number of carbonyl (C=O) groups excluding carboxylic acids is 1. The number of nitrogens with two attached hydrogens (primary N) is 1. The number of guanidine groups is 1. The fraction of sp³-hybridized carbons (Fsp3) is 0.529. The summed E-state index contributed by atoms with van der Waals surface area (Å²) in [6.07, 6.45) is 2.25. The van der Waals surface area contributed by atoms with Crippen LogP contribution in [0, 0.1) is 5.92 Å². The predicted molar refractivity (Wildman–Crippen MR) is 114 cm³/mol. The van der Waals surface area contributed by atoms with Crippen molar-refractivity contribution in [2.45, 2.75) is 32.4 Å². The fourth-order valence-electron chi connectivity index (χ4n) is 3.11. The van der Waals surface area contributed by atoms with E-state index in [2.05, 4.69) is 35.9 Å². The van der Waals surface area contributed by atoms with Gasteiger partial charge in [0, 0.05) is 43.1 Å². The van der Waals surface area contributed by atoms with Crippen molar-refractivity contribution in [1.82, 2.24) is 10.2 Å². The lowest BCUT2D eigenvalue weighted by Gasteiger charge is -2.34. The molecule has 27 heavy (non-hydrogen) atoms. The van der Waals surface area contributed by atoms with E-state index in [4.69, 9.17) is 5.73 Å². The van der Waals surface area contributed by atoms with Gasteiger partial charge < -0.3 is 20.7 Å². The van der Waals surface area contributed by atoms with Gasteiger partial charge in [-0.2, -0.15) is 8.78 Å². The monoisotopic (exact) mass is 560 g/mol. The lowest BCUT2D eigenvalue weighted by molar-refractivity contribution is -0.119. The lowest BCUT2D eigenvalue weighted by atomic mass is 9.95. The van der Waals surface area contributed by atoms with Crippen LogP contribution >= 0.6 is 39.9 Å². The van der Waals surface area contributed by atoms with Crippen LogP contribution < -0.4 is 15.8 Å². The van der Waals surface area contributed by atoms with Gasteiger partial charge in [0.2, 0.25) is 5.91 Å². The van der Waals surface area contributed by atoms with Gasteiger partial charge in [-0.05, 0) is 37.0 Å². The molecule has 0 saturated carbocycles. The van der Waals surface area contributed by atoms with Gasteiger partial charge in [-0.3, -0.25) is 9.79 Å². The molecule has 0 aliphatic carbocycles. The molecule has 0 aromatic heterocycles. The third kappa shape index (κ3) is 7.76. The number of alkyl halides is 2. The van der Waals surface area contributed by atoms with Crippen molar-refractivity contribution >= 4 is 51.8 Å². The zero-order valence-corrected chi connectivity index (χ0v) is 18.9. The molecule has 1 aromatic carbocycles. The summed E-state index contributed by atoms with van der Waals surface area (Å²) in [5, 5.41) is 3.18. The number of amides is 1. The van der Waals surface area contributed by atoms with E-state index in [1.54, 1.807) is 19.2 Å². The van der Waals surface area contributed by atoms with E-state index in [0.717, 1.165) is 23.9 Å². The lowest BCUT2D eigenvalue weighted by Crippen LogP contribution is -2.46. The number of primary amides is 1. The Morgan fingerprint density at radius 3 is 2.89 bits per heavy atom. The van der Waals surface area contributed by atoms with Gasteiger partial charge in [-0.15, -0.1) is 24.0 Å². The van der Waals surface area contributed by atoms with Gasteiger partial charge >= 0.3 is 6.61 Å². The Bertz CT molecular complexity index is 664. The van der Waals surface area contributed by atoms with Crippen LogP contribution in [0.5, 0.6) is 5.75 Å². The van der Waals surface area contributed by atoms with Crippen molar-refractivity contribution in [1.29, 1.82) is 0 Å². The minimum absolute atomic E-state index is 0. The standard InChI is InChI=1S/C17H23BrF2N4O2.HI/c1-22-17(24-6-2-3-11(10-24)7-15(21)25)23-9-12-8-13(18)4-5-14(12)26-16(19)20;/h4-5,8,11,16H,2-3,6-7,9-10H2,1H3,(H2,21,25)(H,22,23);1H. The molecule has 0 radical (unpaired) electrons. The summed E-state index contributed by atoms with van der Waals surface area (Å²) in [5.41, 5.74) is 5.89. The Labute approximate surface area is 183 Å². The average molecular weight is 561 g/mol. The van der Waals surface area contributed by atoms with Gasteiger partial charge in [-0.25, -0.2) is 0 Å². The highest BCUT2D eigenvalue weighted by Gasteiger charge is 2.23. The largest absolute Gasteiger partial charge is 0.434 e. The number of aliphatic imine (C=N–C) groups is 1. The molecule has 0 bridgehead atoms. The Morgan fingerprint density at radius 2 is 2.26 bits per heavy atom. The third-order valence-electron chi connectivity index (χ3n) is 4.20. The first-order chi connectivity index (χ1) is 12.4. The molecule has 10 heteroatoms. The Balaban J connectivity index is 0.00000364. The van der Waals surface area contributed by atoms with E-state index in [9.17, 15) is 13.6 Å². The number of piperidine rings is 1. The highest BCUT2D eigenvalue weighted by Crippen LogP contribution is 2.25. The van der Waals surface area contributed by atoms with Crippen LogP contribution in [-0.2, 0) is 11.3 Å². The van der Waals surface area contributed by atoms with Crippen LogP contribution in [0.1, 0.15) is 24.8 Å². The number of halogens is 4. The van der Waals surface area contributed by atoms with Gasteiger partial charge in [0.05, 0.1) is 0 Å². The predicted octanol–water partition coefficient (Wildman–Crippen LogP) is 3.33. The molecule has 1 aliphatic rings. The summed E-state index contributed by atoms with van der Waals surface area (Å²) in [6.45, 7) is -1.11. The zero-order chi connectivity index (χ0) is 19.1. The molecule has 0 spiro atoms. The first kappa shape index (κ1) is 23.9. The number of carbonyl (C=O) groups is 1. The summed E-state index contributed by atoms with van der Waals surface area (Å²) in [7, 11) is 1.66. The molecule has 1 fully saturated rings. The Kier molecular flexibility index (Phi) is 10.3. The van der Waals surface area contributed by atoms with Crippen LogP contribution in [0.3, 0.4) is 0 Å². The van der Waals surface area contributed by atoms with Crippen LogP contribution in [0.2, 0.25) is 0 Å². The van der Waals surface area contributed by atoms with E-state index in [1.165, 1.54) is 6.07 Å². The molecule has 1 amide bonds. The summed E-state index contributed by atoms with van der Waals surface area (Å²) in [6, 6.07) is 4.87. The first-order valence-electron chi connectivity index (χ1n) is 8.36. The van der Waals surface area contributed by atoms with E-state index in [1.807, 2.05) is 0 Å². The molecular weight excluding hydrogens is 537 g/mol. The Morgan fingerprint density at radius 1 is 1.52 bits per heavy atom. The van der Waals surface area contributed by atoms with E-state index >= 15 is 0 Å². The van der Waals surface area contributed by atoms with Crippen LogP contribution in [0.4, 0.5) is 8.78 Å². The number of hydrogen-bond donors (Lipinski definition) is 2. The molecule has 2 rings (SSSR count). The van der Waals surface area contributed by atoms with Crippen molar-refractivity contribution in [3.05, 3.63) is 28.2 Å². The van der Waals surface area contributed by atoms with E-state index in [-0.39, 0.29) is 48.1 Å². The van der Waals surface area contributed by atoms with Crippen molar-refractivity contribution in [2.75, 3.05) is 20.1 Å². The quantitative estimate of drug-likeness (QED) is 0.318. The highest BCUT2D eigenvalue weighted by atomic mass is 127. The van der Waals surface area contributed by atoms with Gasteiger partial charge in [0.25, 0.3) is 0 Å². The molecule has 1 aliphatic heterocycles. The van der Waals surface area contributed by atoms with Crippen LogP contribution in [0.25, 0.3) is 0 Å². The maximum absolute atomic E-state index is 12.6. The molecular formula is C17H24BrF2IN4O2. The topological polar surface area (TPSA) is 80.0 Å². The minimum atomic E-state index is -2.88.